The number of carbonyl (C=O) groups excluding carboxylic acids is 2. The Kier molecular flexibility index (Phi) is 6.79. The molecule has 2 N–H and O–H groups in total. The maximum absolute atomic E-state index is 13.2. The van der Waals surface area contributed by atoms with Gasteiger partial charge in [0.15, 0.2) is 0 Å². The predicted molar refractivity (Wildman–Crippen MR) is 119 cm³/mol. The van der Waals surface area contributed by atoms with Crippen molar-refractivity contribution in [1.82, 2.24) is 14.9 Å². The molecule has 0 aromatic heterocycles. The van der Waals surface area contributed by atoms with Crippen molar-refractivity contribution in [2.24, 2.45) is 11.3 Å². The summed E-state index contributed by atoms with van der Waals surface area (Å²) in [5.41, 5.74) is 0.993. The van der Waals surface area contributed by atoms with E-state index in [0.717, 1.165) is 35.6 Å². The zero-order valence-corrected chi connectivity index (χ0v) is 19.5. The first-order valence-electron chi connectivity index (χ1n) is 10.9. The molecule has 1 aromatic carbocycles. The van der Waals surface area contributed by atoms with Gasteiger partial charge < -0.3 is 10.6 Å². The molecule has 8 heteroatoms. The Morgan fingerprint density at radius 2 is 1.81 bits per heavy atom. The Bertz CT molecular complexity index is 948. The van der Waals surface area contributed by atoms with Crippen molar-refractivity contribution in [3.8, 4) is 0 Å². The number of rotatable bonds is 5. The molecular weight excluding hydrogens is 414 g/mol. The molecule has 31 heavy (non-hydrogen) atoms. The molecule has 1 unspecified atom stereocenters. The van der Waals surface area contributed by atoms with E-state index in [0.29, 0.717) is 5.92 Å². The Balaban J connectivity index is 1.78. The van der Waals surface area contributed by atoms with Gasteiger partial charge in [0.2, 0.25) is 11.8 Å². The average Bonchev–Trinajstić information content (AvgIpc) is 2.69. The van der Waals surface area contributed by atoms with Crippen LogP contribution in [-0.2, 0) is 19.6 Å². The van der Waals surface area contributed by atoms with E-state index >= 15 is 0 Å². The molecule has 2 aliphatic rings. The number of aryl methyl sites for hydroxylation is 1. The van der Waals surface area contributed by atoms with E-state index in [2.05, 4.69) is 31.4 Å². The maximum Gasteiger partial charge on any atom is 0.264 e. The number of hydrogen-bond donors (Lipinski definition) is 2. The lowest BCUT2D eigenvalue weighted by atomic mass is 9.69. The van der Waals surface area contributed by atoms with Crippen LogP contribution in [0.25, 0.3) is 0 Å². The van der Waals surface area contributed by atoms with Gasteiger partial charge >= 0.3 is 0 Å². The van der Waals surface area contributed by atoms with Crippen molar-refractivity contribution in [3.63, 3.8) is 0 Å². The van der Waals surface area contributed by atoms with Gasteiger partial charge in [0.1, 0.15) is 6.04 Å². The van der Waals surface area contributed by atoms with Crippen molar-refractivity contribution < 1.29 is 18.0 Å². The van der Waals surface area contributed by atoms with E-state index in [-0.39, 0.29) is 28.7 Å². The van der Waals surface area contributed by atoms with Gasteiger partial charge in [0, 0.05) is 18.4 Å². The second kappa shape index (κ2) is 9.02. The van der Waals surface area contributed by atoms with Gasteiger partial charge in [-0.2, -0.15) is 0 Å². The van der Waals surface area contributed by atoms with Crippen molar-refractivity contribution in [2.75, 3.05) is 0 Å². The van der Waals surface area contributed by atoms with Crippen LogP contribution < -0.4 is 10.6 Å². The fourth-order valence-electron chi connectivity index (χ4n) is 4.55. The predicted octanol–water partition coefficient (Wildman–Crippen LogP) is 3.07. The molecule has 1 fully saturated rings. The minimum atomic E-state index is -3.97. The van der Waals surface area contributed by atoms with Gasteiger partial charge in [-0.15, -0.1) is 0 Å². The molecule has 0 spiro atoms. The third-order valence-corrected chi connectivity index (χ3v) is 8.06. The van der Waals surface area contributed by atoms with Gasteiger partial charge in [-0.3, -0.25) is 13.9 Å². The van der Waals surface area contributed by atoms with Crippen molar-refractivity contribution >= 4 is 21.8 Å². The van der Waals surface area contributed by atoms with Crippen LogP contribution in [0, 0.1) is 18.3 Å². The number of carbonyl (C=O) groups is 2. The highest BCUT2D eigenvalue weighted by Crippen LogP contribution is 2.38. The number of nitrogens with one attached hydrogen (secondary N) is 2. The normalized spacial score (nSPS) is 24.6. The lowest BCUT2D eigenvalue weighted by Crippen LogP contribution is -2.53. The molecule has 1 heterocycles. The Labute approximate surface area is 185 Å². The summed E-state index contributed by atoms with van der Waals surface area (Å²) in [5, 5.41) is 5.63. The van der Waals surface area contributed by atoms with Gasteiger partial charge in [0.05, 0.1) is 11.3 Å². The topological polar surface area (TPSA) is 95.6 Å². The molecule has 3 atom stereocenters. The van der Waals surface area contributed by atoms with Crippen LogP contribution >= 0.6 is 0 Å². The number of benzene rings is 1. The standard InChI is InChI=1S/C23H33N3O4S/c1-16-9-11-17(12-10-16)31(29,30)26-14-13-24-22(28)20(26)15-21(27)25-19-8-6-5-7-18(19)23(2,3)4/h9-14,18-20H,5-8,15H2,1-4H3,(H,24,28)(H,25,27)/t18-,19?,20-/m1/s1. The molecule has 1 aromatic rings. The zero-order chi connectivity index (χ0) is 22.8. The SMILES string of the molecule is Cc1ccc(S(=O)(=O)N2C=CNC(=O)[C@H]2CC(=O)NC2CCCC[C@H]2C(C)(C)C)cc1. The summed E-state index contributed by atoms with van der Waals surface area (Å²) in [6.07, 6.45) is 6.52. The molecule has 2 amide bonds. The molecule has 1 saturated carbocycles. The van der Waals surface area contributed by atoms with E-state index in [1.807, 2.05) is 6.92 Å². The minimum absolute atomic E-state index is 0.0330. The molecule has 1 aliphatic heterocycles. The van der Waals surface area contributed by atoms with Crippen molar-refractivity contribution in [1.29, 1.82) is 0 Å². The van der Waals surface area contributed by atoms with Crippen LogP contribution in [0.1, 0.15) is 58.4 Å². The van der Waals surface area contributed by atoms with E-state index in [9.17, 15) is 18.0 Å². The number of hydrogen-bond acceptors (Lipinski definition) is 4. The molecule has 170 valence electrons. The highest BCUT2D eigenvalue weighted by molar-refractivity contribution is 7.89. The first-order valence-corrected chi connectivity index (χ1v) is 12.3. The molecule has 1 aliphatic carbocycles. The summed E-state index contributed by atoms with van der Waals surface area (Å²) >= 11 is 0. The monoisotopic (exact) mass is 447 g/mol. The third kappa shape index (κ3) is 5.29. The zero-order valence-electron chi connectivity index (χ0n) is 18.7. The van der Waals surface area contributed by atoms with E-state index in [1.165, 1.54) is 24.5 Å². The van der Waals surface area contributed by atoms with Crippen LogP contribution in [0.15, 0.2) is 41.6 Å². The molecule has 3 rings (SSSR count). The highest BCUT2D eigenvalue weighted by atomic mass is 32.2. The fourth-order valence-corrected chi connectivity index (χ4v) is 6.00. The molecular formula is C23H33N3O4S. The number of nitrogens with zero attached hydrogens (tertiary/aromatic N) is 1. The lowest BCUT2D eigenvalue weighted by molar-refractivity contribution is -0.130. The van der Waals surface area contributed by atoms with Crippen LogP contribution in [0.5, 0.6) is 0 Å². The Morgan fingerprint density at radius 3 is 2.45 bits per heavy atom. The van der Waals surface area contributed by atoms with Crippen molar-refractivity contribution in [3.05, 3.63) is 42.2 Å². The maximum atomic E-state index is 13.2. The first-order chi connectivity index (χ1) is 14.5. The summed E-state index contributed by atoms with van der Waals surface area (Å²) in [5.74, 6) is -0.470. The molecule has 0 radical (unpaired) electrons. The summed E-state index contributed by atoms with van der Waals surface area (Å²) in [7, 11) is -3.97. The van der Waals surface area contributed by atoms with E-state index < -0.39 is 22.0 Å². The van der Waals surface area contributed by atoms with Crippen LogP contribution in [0.4, 0.5) is 0 Å². The summed E-state index contributed by atoms with van der Waals surface area (Å²) < 4.78 is 27.3. The minimum Gasteiger partial charge on any atom is -0.353 e. The van der Waals surface area contributed by atoms with Crippen LogP contribution in [0.3, 0.4) is 0 Å². The third-order valence-electron chi connectivity index (χ3n) is 6.26. The number of amides is 2. The largest absolute Gasteiger partial charge is 0.353 e. The molecule has 7 nitrogen and oxygen atoms in total. The molecule has 0 bridgehead atoms. The molecule has 0 saturated heterocycles. The smallest absolute Gasteiger partial charge is 0.264 e. The Morgan fingerprint density at radius 1 is 1.16 bits per heavy atom. The quantitative estimate of drug-likeness (QED) is 0.725. The first kappa shape index (κ1) is 23.3. The van der Waals surface area contributed by atoms with Crippen LogP contribution in [-0.4, -0.2) is 36.6 Å². The summed E-state index contributed by atoms with van der Waals surface area (Å²) in [4.78, 5) is 25.5. The lowest BCUT2D eigenvalue weighted by Gasteiger charge is -2.41. The van der Waals surface area contributed by atoms with Gasteiger partial charge in [-0.1, -0.05) is 51.3 Å². The van der Waals surface area contributed by atoms with Gasteiger partial charge in [-0.25, -0.2) is 8.42 Å². The second-order valence-corrected chi connectivity index (χ2v) is 11.5. The van der Waals surface area contributed by atoms with Crippen LogP contribution in [0.2, 0.25) is 0 Å². The number of sulfonamides is 1. The second-order valence-electron chi connectivity index (χ2n) is 9.62. The highest BCUT2D eigenvalue weighted by Gasteiger charge is 2.39. The summed E-state index contributed by atoms with van der Waals surface area (Å²) in [6.45, 7) is 8.40. The Hall–Kier alpha value is -2.35. The van der Waals surface area contributed by atoms with Crippen molar-refractivity contribution in [2.45, 2.75) is 76.8 Å². The van der Waals surface area contributed by atoms with E-state index in [4.69, 9.17) is 0 Å². The van der Waals surface area contributed by atoms with E-state index in [1.54, 1.807) is 12.1 Å². The van der Waals surface area contributed by atoms with Gasteiger partial charge in [-0.05, 0) is 43.2 Å². The average molecular weight is 448 g/mol. The summed E-state index contributed by atoms with van der Waals surface area (Å²) in [6, 6.07) is 5.34. The van der Waals surface area contributed by atoms with Gasteiger partial charge in [0.25, 0.3) is 10.0 Å². The fraction of sp³-hybridized carbons (Fsp3) is 0.565.